The number of nitrogens with zero attached hydrogens (tertiary/aromatic N) is 5. The first-order valence-electron chi connectivity index (χ1n) is 11.3. The number of halogens is 2. The molecule has 4 aromatic heterocycles. The van der Waals surface area contributed by atoms with Gasteiger partial charge < -0.3 is 14.3 Å². The molecule has 0 aliphatic heterocycles. The number of ether oxygens (including phenoxy) is 1. The number of aryl methyl sites for hydroxylation is 2. The number of hydrogen-bond acceptors (Lipinski definition) is 5. The third-order valence-corrected chi connectivity index (χ3v) is 6.78. The summed E-state index contributed by atoms with van der Waals surface area (Å²) in [6, 6.07) is 15.0. The minimum absolute atomic E-state index is 0.225. The van der Waals surface area contributed by atoms with Crippen molar-refractivity contribution in [1.82, 2.24) is 29.4 Å². The molecule has 0 fully saturated rings. The van der Waals surface area contributed by atoms with Crippen LogP contribution in [0.5, 0.6) is 0 Å². The predicted molar refractivity (Wildman–Crippen MR) is 141 cm³/mol. The summed E-state index contributed by atoms with van der Waals surface area (Å²) >= 11 is 12.3. The maximum atomic E-state index is 13.3. The number of aromatic nitrogens is 6. The van der Waals surface area contributed by atoms with Gasteiger partial charge >= 0.3 is 0 Å². The minimum Gasteiger partial charge on any atom is -0.378 e. The van der Waals surface area contributed by atoms with Crippen molar-refractivity contribution in [1.29, 1.82) is 0 Å². The number of rotatable bonds is 6. The van der Waals surface area contributed by atoms with E-state index in [0.717, 1.165) is 27.6 Å². The first-order valence-corrected chi connectivity index (χ1v) is 12.1. The Morgan fingerprint density at radius 3 is 2.64 bits per heavy atom. The van der Waals surface area contributed by atoms with Crippen LogP contribution in [0.4, 0.5) is 0 Å². The molecule has 0 spiro atoms. The summed E-state index contributed by atoms with van der Waals surface area (Å²) in [6.07, 6.45) is 4.38. The highest BCUT2D eigenvalue weighted by molar-refractivity contribution is 6.31. The molecule has 6 rings (SSSR count). The molecular weight excluding hydrogens is 499 g/mol. The number of aromatic amines is 1. The Morgan fingerprint density at radius 1 is 1.03 bits per heavy atom. The molecule has 0 unspecified atom stereocenters. The Labute approximate surface area is 215 Å². The summed E-state index contributed by atoms with van der Waals surface area (Å²) in [5.41, 5.74) is 5.64. The van der Waals surface area contributed by atoms with Gasteiger partial charge in [-0.2, -0.15) is 5.10 Å². The van der Waals surface area contributed by atoms with Gasteiger partial charge in [-0.15, -0.1) is 10.2 Å². The number of benzene rings is 2. The number of methoxy groups -OCH3 is 1. The molecule has 180 valence electrons. The first-order chi connectivity index (χ1) is 17.5. The van der Waals surface area contributed by atoms with Crippen molar-refractivity contribution < 1.29 is 4.74 Å². The number of nitrogens with one attached hydrogen (secondary N) is 1. The molecule has 0 aliphatic rings. The zero-order valence-corrected chi connectivity index (χ0v) is 20.7. The molecule has 10 heteroatoms. The van der Waals surface area contributed by atoms with Crippen LogP contribution in [-0.4, -0.2) is 36.5 Å². The molecule has 6 aromatic rings. The Morgan fingerprint density at radius 2 is 1.83 bits per heavy atom. The summed E-state index contributed by atoms with van der Waals surface area (Å²) in [4.78, 5) is 16.6. The quantitative estimate of drug-likeness (QED) is 0.323. The Hall–Kier alpha value is -3.72. The summed E-state index contributed by atoms with van der Waals surface area (Å²) in [5.74, 6) is 0. The fourth-order valence-electron chi connectivity index (χ4n) is 4.55. The molecular formula is C26H20Cl2N6O2. The average molecular weight is 519 g/mol. The molecule has 1 N–H and O–H groups in total. The molecule has 4 heterocycles. The molecule has 0 aliphatic carbocycles. The minimum atomic E-state index is -0.225. The van der Waals surface area contributed by atoms with Crippen molar-refractivity contribution >= 4 is 50.8 Å². The van der Waals surface area contributed by atoms with Crippen molar-refractivity contribution in [2.75, 3.05) is 7.11 Å². The van der Waals surface area contributed by atoms with Gasteiger partial charge in [-0.1, -0.05) is 35.3 Å². The lowest BCUT2D eigenvalue weighted by Crippen LogP contribution is -2.22. The molecule has 0 bridgehead atoms. The second-order valence-electron chi connectivity index (χ2n) is 8.50. The van der Waals surface area contributed by atoms with Crippen LogP contribution in [0, 0.1) is 0 Å². The summed E-state index contributed by atoms with van der Waals surface area (Å²) < 4.78 is 8.68. The Balaban J connectivity index is 1.41. The van der Waals surface area contributed by atoms with Gasteiger partial charge in [0.2, 0.25) is 0 Å². The van der Waals surface area contributed by atoms with Crippen LogP contribution in [-0.2, 0) is 24.3 Å². The first kappa shape index (κ1) is 22.7. The van der Waals surface area contributed by atoms with Gasteiger partial charge in [0.25, 0.3) is 5.56 Å². The van der Waals surface area contributed by atoms with Crippen LogP contribution in [0.25, 0.3) is 38.7 Å². The van der Waals surface area contributed by atoms with Crippen LogP contribution >= 0.6 is 23.2 Å². The lowest BCUT2D eigenvalue weighted by Gasteiger charge is -2.07. The van der Waals surface area contributed by atoms with E-state index in [9.17, 15) is 4.79 Å². The van der Waals surface area contributed by atoms with E-state index in [4.69, 9.17) is 33.0 Å². The molecule has 0 saturated heterocycles. The van der Waals surface area contributed by atoms with E-state index in [1.165, 1.54) is 0 Å². The second kappa shape index (κ2) is 9.05. The summed E-state index contributed by atoms with van der Waals surface area (Å²) in [5, 5.41) is 15.8. The van der Waals surface area contributed by atoms with E-state index in [1.807, 2.05) is 54.7 Å². The number of pyridine rings is 1. The summed E-state index contributed by atoms with van der Waals surface area (Å²) in [7, 11) is 1.61. The summed E-state index contributed by atoms with van der Waals surface area (Å²) in [6.45, 7) is 0.770. The zero-order valence-electron chi connectivity index (χ0n) is 19.2. The fraction of sp³-hybridized carbons (Fsp3) is 0.154. The maximum Gasteiger partial charge on any atom is 0.280 e. The van der Waals surface area contributed by atoms with Gasteiger partial charge in [-0.05, 0) is 53.9 Å². The second-order valence-corrected chi connectivity index (χ2v) is 9.37. The van der Waals surface area contributed by atoms with Crippen molar-refractivity contribution in [3.05, 3.63) is 92.6 Å². The van der Waals surface area contributed by atoms with Crippen molar-refractivity contribution in [2.45, 2.75) is 19.6 Å². The van der Waals surface area contributed by atoms with Crippen molar-refractivity contribution in [2.24, 2.45) is 0 Å². The van der Waals surface area contributed by atoms with E-state index in [2.05, 4.69) is 15.2 Å². The third kappa shape index (κ3) is 3.83. The van der Waals surface area contributed by atoms with E-state index >= 15 is 0 Å². The number of H-pyrrole nitrogens is 1. The standard InChI is InChI=1S/C26H20Cl2N6O2/c1-36-14-21-23(15-2-4-17(27)5-3-15)25-31-30-24-22(34(25)32-21)9-11-33(26(24)35)10-8-16-13-29-20-7-6-18(28)12-19(16)20/h2-7,9,11-13,29H,8,10,14H2,1H3. The Kier molecular flexibility index (Phi) is 5.72. The maximum absolute atomic E-state index is 13.3. The molecule has 36 heavy (non-hydrogen) atoms. The number of hydrogen-bond donors (Lipinski definition) is 1. The van der Waals surface area contributed by atoms with Crippen molar-refractivity contribution in [3.63, 3.8) is 0 Å². The van der Waals surface area contributed by atoms with E-state index in [0.29, 0.717) is 39.9 Å². The van der Waals surface area contributed by atoms with Gasteiger partial charge in [-0.3, -0.25) is 4.79 Å². The number of fused-ring (bicyclic) bond motifs is 4. The highest BCUT2D eigenvalue weighted by atomic mass is 35.5. The zero-order chi connectivity index (χ0) is 24.8. The van der Waals surface area contributed by atoms with Crippen molar-refractivity contribution in [3.8, 4) is 11.1 Å². The van der Waals surface area contributed by atoms with Crippen LogP contribution < -0.4 is 5.56 Å². The smallest absolute Gasteiger partial charge is 0.280 e. The topological polar surface area (TPSA) is 90.1 Å². The monoisotopic (exact) mass is 518 g/mol. The average Bonchev–Trinajstić information content (AvgIpc) is 3.45. The van der Waals surface area contributed by atoms with Gasteiger partial charge in [0.15, 0.2) is 11.2 Å². The molecule has 8 nitrogen and oxygen atoms in total. The van der Waals surface area contributed by atoms with Gasteiger partial charge in [0.05, 0.1) is 17.9 Å². The molecule has 0 amide bonds. The third-order valence-electron chi connectivity index (χ3n) is 6.29. The van der Waals surface area contributed by atoms with E-state index in [1.54, 1.807) is 22.4 Å². The van der Waals surface area contributed by atoms with Crippen LogP contribution in [0.3, 0.4) is 0 Å². The van der Waals surface area contributed by atoms with Crippen LogP contribution in [0.15, 0.2) is 65.7 Å². The normalized spacial score (nSPS) is 11.8. The fourth-order valence-corrected chi connectivity index (χ4v) is 4.85. The molecule has 0 atom stereocenters. The van der Waals surface area contributed by atoms with Gasteiger partial charge in [0, 0.05) is 47.0 Å². The SMILES string of the molecule is COCc1nn2c(nnc3c(=O)n(CCc4c[nH]c5ccc(Cl)cc45)ccc32)c1-c1ccc(Cl)cc1. The van der Waals surface area contributed by atoms with E-state index < -0.39 is 0 Å². The highest BCUT2D eigenvalue weighted by Crippen LogP contribution is 2.30. The molecule has 2 aromatic carbocycles. The largest absolute Gasteiger partial charge is 0.378 e. The predicted octanol–water partition coefficient (Wildman–Crippen LogP) is 5.28. The van der Waals surface area contributed by atoms with Gasteiger partial charge in [-0.25, -0.2) is 4.52 Å². The lowest BCUT2D eigenvalue weighted by molar-refractivity contribution is 0.181. The molecule has 0 saturated carbocycles. The Bertz CT molecular complexity index is 1800. The highest BCUT2D eigenvalue weighted by Gasteiger charge is 2.19. The van der Waals surface area contributed by atoms with Crippen LogP contribution in [0.1, 0.15) is 11.3 Å². The van der Waals surface area contributed by atoms with Gasteiger partial charge in [0.1, 0.15) is 5.52 Å². The lowest BCUT2D eigenvalue weighted by atomic mass is 10.1. The van der Waals surface area contributed by atoms with Crippen LogP contribution in [0.2, 0.25) is 10.0 Å². The van der Waals surface area contributed by atoms with E-state index in [-0.39, 0.29) is 17.7 Å². The molecule has 0 radical (unpaired) electrons.